The molecular formula is C18H14Cl3N3O. The quantitative estimate of drug-likeness (QED) is 0.699. The van der Waals surface area contributed by atoms with E-state index in [-0.39, 0.29) is 12.1 Å². The molecule has 1 fully saturated rings. The number of amidine groups is 1. The van der Waals surface area contributed by atoms with Gasteiger partial charge in [0, 0.05) is 11.4 Å². The summed E-state index contributed by atoms with van der Waals surface area (Å²) in [5.74, 6) is 0.903. The fraction of sp³-hybridized carbons (Fsp3) is 0.278. The van der Waals surface area contributed by atoms with Crippen molar-refractivity contribution in [2.75, 3.05) is 18.3 Å². The van der Waals surface area contributed by atoms with Crippen LogP contribution in [0.4, 0.5) is 5.69 Å². The number of benzene rings is 2. The molecule has 1 aliphatic carbocycles. The highest BCUT2D eigenvalue weighted by molar-refractivity contribution is 6.41. The summed E-state index contributed by atoms with van der Waals surface area (Å²) in [5.41, 5.74) is 3.34. The van der Waals surface area contributed by atoms with Crippen LogP contribution in [0, 0.1) is 0 Å². The van der Waals surface area contributed by atoms with Gasteiger partial charge in [-0.25, -0.2) is 5.01 Å². The molecule has 0 saturated carbocycles. The first-order valence-corrected chi connectivity index (χ1v) is 9.21. The lowest BCUT2D eigenvalue weighted by Gasteiger charge is -2.36. The Kier molecular flexibility index (Phi) is 3.64. The Balaban J connectivity index is 1.52. The third kappa shape index (κ3) is 2.43. The maximum absolute atomic E-state index is 6.38. The lowest BCUT2D eigenvalue weighted by molar-refractivity contribution is 0.00539. The molecule has 2 heterocycles. The summed E-state index contributed by atoms with van der Waals surface area (Å²) < 4.78 is 6.08. The van der Waals surface area contributed by atoms with E-state index in [1.807, 2.05) is 5.01 Å². The number of rotatable bonds is 1. The largest absolute Gasteiger partial charge is 0.367 e. The zero-order valence-electron chi connectivity index (χ0n) is 13.1. The number of halogens is 3. The SMILES string of the molecule is Clc1cc(Cl)c(N2CN3C(=N2)CO[C@H]2Cc4ccccc4C23)c(Cl)c1. The fourth-order valence-corrected chi connectivity index (χ4v) is 4.97. The molecule has 0 spiro atoms. The molecule has 128 valence electrons. The van der Waals surface area contributed by atoms with Gasteiger partial charge in [0.15, 0.2) is 5.84 Å². The molecule has 0 amide bonds. The second-order valence-corrected chi connectivity index (χ2v) is 7.69. The van der Waals surface area contributed by atoms with Crippen LogP contribution in [0.25, 0.3) is 0 Å². The number of fused-ring (bicyclic) bond motifs is 5. The fourth-order valence-electron chi connectivity index (χ4n) is 3.95. The lowest BCUT2D eigenvalue weighted by atomic mass is 10.1. The van der Waals surface area contributed by atoms with Crippen LogP contribution in [0.3, 0.4) is 0 Å². The molecule has 2 aromatic carbocycles. The molecule has 0 bridgehead atoms. The van der Waals surface area contributed by atoms with Crippen molar-refractivity contribution < 1.29 is 4.74 Å². The highest BCUT2D eigenvalue weighted by Crippen LogP contribution is 2.44. The second-order valence-electron chi connectivity index (χ2n) is 6.44. The first kappa shape index (κ1) is 15.8. The third-order valence-electron chi connectivity index (χ3n) is 5.00. The second kappa shape index (κ2) is 5.78. The summed E-state index contributed by atoms with van der Waals surface area (Å²) in [6, 6.07) is 12.1. The summed E-state index contributed by atoms with van der Waals surface area (Å²) in [4.78, 5) is 2.29. The summed E-state index contributed by atoms with van der Waals surface area (Å²) in [6.07, 6.45) is 1.10. The van der Waals surface area contributed by atoms with Crippen molar-refractivity contribution in [1.82, 2.24) is 4.90 Å². The zero-order chi connectivity index (χ0) is 17.1. The molecule has 2 atom stereocenters. The average Bonchev–Trinajstić information content (AvgIpc) is 3.13. The number of hydrogen-bond donors (Lipinski definition) is 0. The number of hydrogen-bond acceptors (Lipinski definition) is 4. The summed E-state index contributed by atoms with van der Waals surface area (Å²) in [5, 5.41) is 8.03. The minimum atomic E-state index is 0.160. The average molecular weight is 395 g/mol. The van der Waals surface area contributed by atoms with E-state index in [1.54, 1.807) is 12.1 Å². The van der Waals surface area contributed by atoms with E-state index in [9.17, 15) is 0 Å². The Hall–Kier alpha value is -1.46. The van der Waals surface area contributed by atoms with Crippen LogP contribution in [0.15, 0.2) is 41.5 Å². The van der Waals surface area contributed by atoms with Gasteiger partial charge in [0.05, 0.1) is 27.9 Å². The minimum Gasteiger partial charge on any atom is -0.367 e. The van der Waals surface area contributed by atoms with E-state index in [4.69, 9.17) is 44.6 Å². The van der Waals surface area contributed by atoms with E-state index in [1.165, 1.54) is 11.1 Å². The Morgan fingerprint density at radius 2 is 1.84 bits per heavy atom. The van der Waals surface area contributed by atoms with Crippen LogP contribution in [0.5, 0.6) is 0 Å². The van der Waals surface area contributed by atoms with Crippen molar-refractivity contribution in [2.24, 2.45) is 5.10 Å². The van der Waals surface area contributed by atoms with Crippen molar-refractivity contribution in [3.63, 3.8) is 0 Å². The van der Waals surface area contributed by atoms with Gasteiger partial charge in [0.25, 0.3) is 0 Å². The van der Waals surface area contributed by atoms with Crippen molar-refractivity contribution in [1.29, 1.82) is 0 Å². The normalized spacial score (nSPS) is 24.0. The Morgan fingerprint density at radius 3 is 2.64 bits per heavy atom. The molecule has 1 saturated heterocycles. The van der Waals surface area contributed by atoms with E-state index in [2.05, 4.69) is 29.2 Å². The number of nitrogens with zero attached hydrogens (tertiary/aromatic N) is 3. The molecule has 3 aliphatic rings. The highest BCUT2D eigenvalue weighted by atomic mass is 35.5. The van der Waals surface area contributed by atoms with E-state index in [0.717, 1.165) is 12.3 Å². The molecule has 25 heavy (non-hydrogen) atoms. The van der Waals surface area contributed by atoms with Gasteiger partial charge in [0.1, 0.15) is 13.3 Å². The van der Waals surface area contributed by atoms with Crippen molar-refractivity contribution in [3.05, 3.63) is 62.6 Å². The van der Waals surface area contributed by atoms with E-state index < -0.39 is 0 Å². The maximum atomic E-state index is 6.38. The topological polar surface area (TPSA) is 28.1 Å². The summed E-state index contributed by atoms with van der Waals surface area (Å²) in [7, 11) is 0. The Morgan fingerprint density at radius 1 is 1.08 bits per heavy atom. The standard InChI is InChI=1S/C18H14Cl3N3O/c19-11-6-13(20)18(14(21)7-11)24-9-23-16(22-24)8-25-15-5-10-3-1-2-4-12(10)17(15)23/h1-4,6-7,15,17H,5,8-9H2/t15-,17?/m0/s1. The molecule has 1 unspecified atom stereocenters. The van der Waals surface area contributed by atoms with Crippen molar-refractivity contribution in [2.45, 2.75) is 18.6 Å². The molecule has 4 nitrogen and oxygen atoms in total. The summed E-state index contributed by atoms with van der Waals surface area (Å²) in [6.45, 7) is 1.09. The van der Waals surface area contributed by atoms with Crippen LogP contribution in [0.2, 0.25) is 15.1 Å². The summed E-state index contributed by atoms with van der Waals surface area (Å²) >= 11 is 18.8. The van der Waals surface area contributed by atoms with Crippen LogP contribution in [-0.2, 0) is 11.2 Å². The zero-order valence-corrected chi connectivity index (χ0v) is 15.4. The predicted octanol–water partition coefficient (Wildman–Crippen LogP) is 4.74. The van der Waals surface area contributed by atoms with E-state index in [0.29, 0.717) is 34.0 Å². The molecule has 2 aromatic rings. The van der Waals surface area contributed by atoms with Gasteiger partial charge in [-0.05, 0) is 23.3 Å². The first-order valence-electron chi connectivity index (χ1n) is 8.07. The number of ether oxygens (including phenoxy) is 1. The molecular weight excluding hydrogens is 381 g/mol. The minimum absolute atomic E-state index is 0.160. The molecule has 0 radical (unpaired) electrons. The molecule has 7 heteroatoms. The lowest BCUT2D eigenvalue weighted by Crippen LogP contribution is -2.46. The highest BCUT2D eigenvalue weighted by Gasteiger charge is 2.45. The van der Waals surface area contributed by atoms with Crippen LogP contribution in [0.1, 0.15) is 17.2 Å². The van der Waals surface area contributed by atoms with E-state index >= 15 is 0 Å². The monoisotopic (exact) mass is 393 g/mol. The van der Waals surface area contributed by atoms with Gasteiger partial charge in [-0.1, -0.05) is 59.1 Å². The Bertz CT molecular complexity index is 878. The van der Waals surface area contributed by atoms with Crippen LogP contribution in [-0.4, -0.2) is 30.1 Å². The third-order valence-corrected chi connectivity index (χ3v) is 5.80. The first-order chi connectivity index (χ1) is 12.1. The van der Waals surface area contributed by atoms with Gasteiger partial charge in [-0.3, -0.25) is 0 Å². The van der Waals surface area contributed by atoms with Crippen LogP contribution >= 0.6 is 34.8 Å². The number of anilines is 1. The van der Waals surface area contributed by atoms with Gasteiger partial charge in [-0.2, -0.15) is 5.10 Å². The Labute approximate surface area is 160 Å². The maximum Gasteiger partial charge on any atom is 0.153 e. The van der Waals surface area contributed by atoms with Crippen molar-refractivity contribution in [3.8, 4) is 0 Å². The van der Waals surface area contributed by atoms with Crippen LogP contribution < -0.4 is 5.01 Å². The van der Waals surface area contributed by atoms with Gasteiger partial charge in [-0.15, -0.1) is 0 Å². The number of hydrazone groups is 1. The van der Waals surface area contributed by atoms with Gasteiger partial charge < -0.3 is 9.64 Å². The van der Waals surface area contributed by atoms with Gasteiger partial charge >= 0.3 is 0 Å². The molecule has 0 N–H and O–H groups in total. The smallest absolute Gasteiger partial charge is 0.153 e. The predicted molar refractivity (Wildman–Crippen MR) is 101 cm³/mol. The van der Waals surface area contributed by atoms with Crippen molar-refractivity contribution >= 4 is 46.3 Å². The molecule has 0 aromatic heterocycles. The molecule has 2 aliphatic heterocycles. The number of morpholine rings is 1. The molecule has 5 rings (SSSR count). The van der Waals surface area contributed by atoms with Gasteiger partial charge in [0.2, 0.25) is 0 Å².